The number of alkyl halides is 3. The fraction of sp³-hybridized carbons (Fsp3) is 0.611. The molecule has 7 heteroatoms. The molecule has 0 saturated heterocycles. The van der Waals surface area contributed by atoms with Crippen molar-refractivity contribution in [2.75, 3.05) is 13.6 Å². The molecule has 0 bridgehead atoms. The normalized spacial score (nSPS) is 16.1. The van der Waals surface area contributed by atoms with Crippen LogP contribution in [0.5, 0.6) is 5.75 Å². The molecule has 4 nitrogen and oxygen atoms in total. The van der Waals surface area contributed by atoms with Crippen LogP contribution < -0.4 is 15.4 Å². The van der Waals surface area contributed by atoms with E-state index in [0.717, 1.165) is 29.7 Å². The van der Waals surface area contributed by atoms with Crippen LogP contribution in [0.1, 0.15) is 43.2 Å². The highest BCUT2D eigenvalue weighted by atomic mass is 19.4. The third-order valence-electron chi connectivity index (χ3n) is 4.19. The number of guanidine groups is 1. The number of ether oxygens (including phenoxy) is 1. The van der Waals surface area contributed by atoms with Crippen molar-refractivity contribution in [1.82, 2.24) is 10.6 Å². The molecule has 0 aliphatic heterocycles. The van der Waals surface area contributed by atoms with Crippen molar-refractivity contribution in [2.45, 2.75) is 57.9 Å². The summed E-state index contributed by atoms with van der Waals surface area (Å²) in [5.74, 6) is 1.18. The van der Waals surface area contributed by atoms with Crippen LogP contribution in [-0.4, -0.2) is 31.8 Å². The van der Waals surface area contributed by atoms with E-state index in [4.69, 9.17) is 4.74 Å². The second-order valence-corrected chi connectivity index (χ2v) is 6.35. The molecule has 2 rings (SSSR count). The van der Waals surface area contributed by atoms with E-state index in [0.29, 0.717) is 12.5 Å². The Kier molecular flexibility index (Phi) is 6.96. The van der Waals surface area contributed by atoms with E-state index < -0.39 is 12.6 Å². The summed E-state index contributed by atoms with van der Waals surface area (Å²) < 4.78 is 42.8. The van der Waals surface area contributed by atoms with Crippen molar-refractivity contribution >= 4 is 5.96 Å². The summed E-state index contributed by atoms with van der Waals surface area (Å²) in [5.41, 5.74) is 2.08. The predicted molar refractivity (Wildman–Crippen MR) is 92.9 cm³/mol. The van der Waals surface area contributed by atoms with Crippen molar-refractivity contribution in [1.29, 1.82) is 0 Å². The van der Waals surface area contributed by atoms with E-state index in [-0.39, 0.29) is 12.6 Å². The standard InChI is InChI=1S/C18H26F3N3O/c1-13-7-8-14(16(11-13)25-15-5-3-4-6-15)12-24-17(22-2)23-10-9-18(19,20)21/h7-8,11,15H,3-6,9-10,12H2,1-2H3,(H2,22,23,24). The largest absolute Gasteiger partial charge is 0.490 e. The highest BCUT2D eigenvalue weighted by Crippen LogP contribution is 2.27. The Bertz CT molecular complexity index is 581. The molecule has 0 amide bonds. The van der Waals surface area contributed by atoms with Crippen molar-refractivity contribution < 1.29 is 17.9 Å². The molecule has 1 aromatic rings. The molecule has 1 saturated carbocycles. The molecule has 0 radical (unpaired) electrons. The maximum atomic E-state index is 12.2. The molecule has 1 aromatic carbocycles. The lowest BCUT2D eigenvalue weighted by atomic mass is 10.1. The van der Waals surface area contributed by atoms with Gasteiger partial charge in [-0.05, 0) is 44.2 Å². The molecule has 25 heavy (non-hydrogen) atoms. The summed E-state index contributed by atoms with van der Waals surface area (Å²) >= 11 is 0. The van der Waals surface area contributed by atoms with Gasteiger partial charge in [0, 0.05) is 25.7 Å². The van der Waals surface area contributed by atoms with E-state index in [2.05, 4.69) is 15.6 Å². The first-order valence-corrected chi connectivity index (χ1v) is 8.65. The molecule has 1 aliphatic carbocycles. The van der Waals surface area contributed by atoms with Gasteiger partial charge in [0.15, 0.2) is 5.96 Å². The summed E-state index contributed by atoms with van der Waals surface area (Å²) in [6.45, 7) is 2.24. The van der Waals surface area contributed by atoms with Gasteiger partial charge < -0.3 is 15.4 Å². The first kappa shape index (κ1) is 19.4. The summed E-state index contributed by atoms with van der Waals surface area (Å²) in [4.78, 5) is 3.96. The zero-order valence-corrected chi connectivity index (χ0v) is 14.7. The van der Waals surface area contributed by atoms with Gasteiger partial charge in [-0.25, -0.2) is 0 Å². The zero-order valence-electron chi connectivity index (χ0n) is 14.7. The maximum Gasteiger partial charge on any atom is 0.390 e. The van der Waals surface area contributed by atoms with Gasteiger partial charge in [-0.2, -0.15) is 13.2 Å². The van der Waals surface area contributed by atoms with Crippen LogP contribution >= 0.6 is 0 Å². The molecular formula is C18H26F3N3O. The smallest absolute Gasteiger partial charge is 0.390 e. The number of hydrogen-bond acceptors (Lipinski definition) is 2. The highest BCUT2D eigenvalue weighted by Gasteiger charge is 2.26. The number of nitrogens with one attached hydrogen (secondary N) is 2. The Morgan fingerprint density at radius 3 is 2.60 bits per heavy atom. The molecule has 0 spiro atoms. The minimum Gasteiger partial charge on any atom is -0.490 e. The fourth-order valence-corrected chi connectivity index (χ4v) is 2.83. The van der Waals surface area contributed by atoms with Gasteiger partial charge in [0.25, 0.3) is 0 Å². The predicted octanol–water partition coefficient (Wildman–Crippen LogP) is 3.93. The van der Waals surface area contributed by atoms with Crippen molar-refractivity contribution in [2.24, 2.45) is 4.99 Å². The Morgan fingerprint density at radius 2 is 1.96 bits per heavy atom. The number of benzene rings is 1. The van der Waals surface area contributed by atoms with Crippen LogP contribution in [0.3, 0.4) is 0 Å². The van der Waals surface area contributed by atoms with Crippen LogP contribution in [-0.2, 0) is 6.54 Å². The van der Waals surface area contributed by atoms with E-state index >= 15 is 0 Å². The van der Waals surface area contributed by atoms with Gasteiger partial charge in [0.05, 0.1) is 12.5 Å². The first-order chi connectivity index (χ1) is 11.9. The van der Waals surface area contributed by atoms with E-state index in [1.807, 2.05) is 25.1 Å². The van der Waals surface area contributed by atoms with Crippen LogP contribution in [0.2, 0.25) is 0 Å². The lowest BCUT2D eigenvalue weighted by Crippen LogP contribution is -2.38. The monoisotopic (exact) mass is 357 g/mol. The molecule has 0 atom stereocenters. The summed E-state index contributed by atoms with van der Waals surface area (Å²) in [7, 11) is 1.54. The molecule has 0 aromatic heterocycles. The summed E-state index contributed by atoms with van der Waals surface area (Å²) in [5, 5.41) is 5.73. The molecular weight excluding hydrogens is 331 g/mol. The lowest BCUT2D eigenvalue weighted by Gasteiger charge is -2.18. The average Bonchev–Trinajstić information content (AvgIpc) is 3.04. The average molecular weight is 357 g/mol. The van der Waals surface area contributed by atoms with Crippen LogP contribution in [0, 0.1) is 6.92 Å². The van der Waals surface area contributed by atoms with Gasteiger partial charge >= 0.3 is 6.18 Å². The zero-order chi connectivity index (χ0) is 18.3. The van der Waals surface area contributed by atoms with Gasteiger partial charge in [-0.1, -0.05) is 12.1 Å². The number of nitrogens with zero attached hydrogens (tertiary/aromatic N) is 1. The number of rotatable bonds is 6. The maximum absolute atomic E-state index is 12.2. The molecule has 2 N–H and O–H groups in total. The Balaban J connectivity index is 1.92. The fourth-order valence-electron chi connectivity index (χ4n) is 2.83. The van der Waals surface area contributed by atoms with Crippen LogP contribution in [0.4, 0.5) is 13.2 Å². The van der Waals surface area contributed by atoms with Gasteiger partial charge in [-0.3, -0.25) is 4.99 Å². The third kappa shape index (κ3) is 6.84. The summed E-state index contributed by atoms with van der Waals surface area (Å²) in [6.07, 6.45) is -0.285. The molecule has 140 valence electrons. The first-order valence-electron chi connectivity index (χ1n) is 8.65. The minimum atomic E-state index is -4.18. The lowest BCUT2D eigenvalue weighted by molar-refractivity contribution is -0.132. The second-order valence-electron chi connectivity index (χ2n) is 6.35. The molecule has 0 heterocycles. The highest BCUT2D eigenvalue weighted by molar-refractivity contribution is 5.79. The molecule has 1 aliphatic rings. The number of halogens is 3. The van der Waals surface area contributed by atoms with Gasteiger partial charge in [0.2, 0.25) is 0 Å². The Hall–Kier alpha value is -1.92. The van der Waals surface area contributed by atoms with Crippen molar-refractivity contribution in [3.63, 3.8) is 0 Å². The van der Waals surface area contributed by atoms with E-state index in [1.54, 1.807) is 0 Å². The minimum absolute atomic E-state index is 0.206. The number of hydrogen-bond donors (Lipinski definition) is 2. The molecule has 1 fully saturated rings. The third-order valence-corrected chi connectivity index (χ3v) is 4.19. The second kappa shape index (κ2) is 8.97. The van der Waals surface area contributed by atoms with Gasteiger partial charge in [-0.15, -0.1) is 0 Å². The Labute approximate surface area is 146 Å². The molecule has 0 unspecified atom stereocenters. The Morgan fingerprint density at radius 1 is 1.24 bits per heavy atom. The van der Waals surface area contributed by atoms with E-state index in [1.165, 1.54) is 19.9 Å². The van der Waals surface area contributed by atoms with E-state index in [9.17, 15) is 13.2 Å². The number of aliphatic imine (C=N–C) groups is 1. The van der Waals surface area contributed by atoms with Crippen LogP contribution in [0.25, 0.3) is 0 Å². The van der Waals surface area contributed by atoms with Crippen molar-refractivity contribution in [3.8, 4) is 5.75 Å². The summed E-state index contributed by atoms with van der Waals surface area (Å²) in [6, 6.07) is 5.99. The number of aryl methyl sites for hydroxylation is 1. The van der Waals surface area contributed by atoms with Crippen molar-refractivity contribution in [3.05, 3.63) is 29.3 Å². The quantitative estimate of drug-likeness (QED) is 0.599. The van der Waals surface area contributed by atoms with Crippen LogP contribution in [0.15, 0.2) is 23.2 Å². The SMILES string of the molecule is CN=C(NCCC(F)(F)F)NCc1ccc(C)cc1OC1CCCC1. The van der Waals surface area contributed by atoms with Gasteiger partial charge in [0.1, 0.15) is 5.75 Å². The topological polar surface area (TPSA) is 45.7 Å².